The van der Waals surface area contributed by atoms with Gasteiger partial charge in [0.1, 0.15) is 5.75 Å². The van der Waals surface area contributed by atoms with E-state index in [-0.39, 0.29) is 17.2 Å². The highest BCUT2D eigenvalue weighted by Gasteiger charge is 2.21. The van der Waals surface area contributed by atoms with Gasteiger partial charge in [-0.25, -0.2) is 0 Å². The Bertz CT molecular complexity index is 792. The van der Waals surface area contributed by atoms with Crippen LogP contribution in [-0.2, 0) is 4.79 Å². The van der Waals surface area contributed by atoms with Crippen LogP contribution in [0.15, 0.2) is 47.4 Å². The van der Waals surface area contributed by atoms with Gasteiger partial charge in [0.25, 0.3) is 0 Å². The van der Waals surface area contributed by atoms with Crippen molar-refractivity contribution < 1.29 is 19.0 Å². The lowest BCUT2D eigenvalue weighted by Gasteiger charge is -2.23. The Morgan fingerprint density at radius 2 is 1.59 bits per heavy atom. The first-order valence-corrected chi connectivity index (χ1v) is 10.6. The van der Waals surface area contributed by atoms with E-state index in [0.29, 0.717) is 17.4 Å². The molecule has 0 aliphatic rings. The largest absolute Gasteiger partial charge is 0.497 e. The van der Waals surface area contributed by atoms with E-state index in [4.69, 9.17) is 14.2 Å². The van der Waals surface area contributed by atoms with E-state index >= 15 is 0 Å². The maximum absolute atomic E-state index is 12.9. The number of carbonyl (C=O) groups is 1. The van der Waals surface area contributed by atoms with E-state index in [1.54, 1.807) is 21.3 Å². The van der Waals surface area contributed by atoms with Crippen molar-refractivity contribution in [3.63, 3.8) is 0 Å². The molecule has 0 radical (unpaired) electrons. The van der Waals surface area contributed by atoms with Crippen molar-refractivity contribution in [2.24, 2.45) is 5.92 Å². The molecule has 6 heteroatoms. The summed E-state index contributed by atoms with van der Waals surface area (Å²) in [5, 5.41) is 2.97. The summed E-state index contributed by atoms with van der Waals surface area (Å²) < 4.78 is 15.9. The summed E-state index contributed by atoms with van der Waals surface area (Å²) in [6.07, 6.45) is 0.867. The van der Waals surface area contributed by atoms with E-state index in [1.807, 2.05) is 49.4 Å². The number of benzene rings is 2. The van der Waals surface area contributed by atoms with Gasteiger partial charge in [-0.3, -0.25) is 4.79 Å². The smallest absolute Gasteiger partial charge is 0.233 e. The zero-order valence-corrected chi connectivity index (χ0v) is 18.8. The highest BCUT2D eigenvalue weighted by molar-refractivity contribution is 8.00. The topological polar surface area (TPSA) is 56.8 Å². The van der Waals surface area contributed by atoms with Crippen molar-refractivity contribution in [3.05, 3.63) is 48.0 Å². The molecule has 0 heterocycles. The first-order valence-electron chi connectivity index (χ1n) is 9.71. The molecule has 2 atom stereocenters. The third kappa shape index (κ3) is 6.60. The average Bonchev–Trinajstić information content (AvgIpc) is 2.72. The van der Waals surface area contributed by atoms with Crippen molar-refractivity contribution in [1.82, 2.24) is 5.32 Å². The van der Waals surface area contributed by atoms with Crippen LogP contribution in [0.1, 0.15) is 38.8 Å². The number of hydrogen-bond acceptors (Lipinski definition) is 5. The van der Waals surface area contributed by atoms with Gasteiger partial charge in [-0.1, -0.05) is 26.0 Å². The molecule has 0 fully saturated rings. The molecule has 0 saturated heterocycles. The first-order chi connectivity index (χ1) is 13.9. The van der Waals surface area contributed by atoms with Gasteiger partial charge in [0, 0.05) is 4.90 Å². The highest BCUT2D eigenvalue weighted by Crippen LogP contribution is 2.34. The zero-order valence-electron chi connectivity index (χ0n) is 18.0. The second kappa shape index (κ2) is 11.0. The SMILES string of the molecule is COc1ccc([C@@H](CC(C)C)NC(=O)[C@@H](C)Sc2ccc(OC)c(OC)c2)cc1. The third-order valence-corrected chi connectivity index (χ3v) is 5.67. The van der Waals surface area contributed by atoms with Gasteiger partial charge in [-0.05, 0) is 55.2 Å². The number of methoxy groups -OCH3 is 3. The van der Waals surface area contributed by atoms with Crippen molar-refractivity contribution in [3.8, 4) is 17.2 Å². The summed E-state index contributed by atoms with van der Waals surface area (Å²) in [5.41, 5.74) is 1.08. The third-order valence-electron chi connectivity index (χ3n) is 4.58. The fraction of sp³-hybridized carbons (Fsp3) is 0.435. The van der Waals surface area contributed by atoms with Crippen LogP contribution < -0.4 is 19.5 Å². The Hall–Kier alpha value is -2.34. The lowest BCUT2D eigenvalue weighted by atomic mass is 9.96. The number of ether oxygens (including phenoxy) is 3. The number of thioether (sulfide) groups is 1. The lowest BCUT2D eigenvalue weighted by molar-refractivity contribution is -0.121. The van der Waals surface area contributed by atoms with Gasteiger partial charge in [0.2, 0.25) is 5.91 Å². The van der Waals surface area contributed by atoms with Crippen LogP contribution in [0.3, 0.4) is 0 Å². The molecule has 2 rings (SSSR count). The Kier molecular flexibility index (Phi) is 8.70. The molecule has 1 N–H and O–H groups in total. The van der Waals surface area contributed by atoms with Crippen LogP contribution in [0.5, 0.6) is 17.2 Å². The van der Waals surface area contributed by atoms with Crippen LogP contribution in [0.2, 0.25) is 0 Å². The normalized spacial score (nSPS) is 12.9. The Morgan fingerprint density at radius 3 is 2.14 bits per heavy atom. The summed E-state index contributed by atoms with van der Waals surface area (Å²) in [5.74, 6) is 2.59. The molecule has 0 bridgehead atoms. The number of amides is 1. The zero-order chi connectivity index (χ0) is 21.4. The van der Waals surface area contributed by atoms with E-state index in [9.17, 15) is 4.79 Å². The maximum atomic E-state index is 12.9. The van der Waals surface area contributed by atoms with E-state index < -0.39 is 0 Å². The van der Waals surface area contributed by atoms with Gasteiger partial charge in [0.05, 0.1) is 32.6 Å². The summed E-state index contributed by atoms with van der Waals surface area (Å²) in [6, 6.07) is 13.5. The predicted molar refractivity (Wildman–Crippen MR) is 118 cm³/mol. The fourth-order valence-electron chi connectivity index (χ4n) is 3.02. The monoisotopic (exact) mass is 417 g/mol. The second-order valence-electron chi connectivity index (χ2n) is 7.24. The summed E-state index contributed by atoms with van der Waals surface area (Å²) in [7, 11) is 4.86. The first kappa shape index (κ1) is 22.9. The van der Waals surface area contributed by atoms with Crippen molar-refractivity contribution in [1.29, 1.82) is 0 Å². The van der Waals surface area contributed by atoms with Crippen molar-refractivity contribution in [2.75, 3.05) is 21.3 Å². The summed E-state index contributed by atoms with van der Waals surface area (Å²) >= 11 is 1.49. The Labute approximate surface area is 178 Å². The quantitative estimate of drug-likeness (QED) is 0.545. The predicted octanol–water partition coefficient (Wildman–Crippen LogP) is 5.10. The molecule has 158 valence electrons. The molecule has 29 heavy (non-hydrogen) atoms. The van der Waals surface area contributed by atoms with E-state index in [2.05, 4.69) is 19.2 Å². The number of carbonyl (C=O) groups excluding carboxylic acids is 1. The number of rotatable bonds is 10. The van der Waals surface area contributed by atoms with Crippen LogP contribution in [0, 0.1) is 5.92 Å². The molecular formula is C23H31NO4S. The minimum Gasteiger partial charge on any atom is -0.497 e. The van der Waals surface area contributed by atoms with E-state index in [0.717, 1.165) is 22.6 Å². The maximum Gasteiger partial charge on any atom is 0.233 e. The van der Waals surface area contributed by atoms with Gasteiger partial charge < -0.3 is 19.5 Å². The van der Waals surface area contributed by atoms with Crippen LogP contribution >= 0.6 is 11.8 Å². The molecule has 0 saturated carbocycles. The molecule has 0 unspecified atom stereocenters. The molecule has 1 amide bonds. The highest BCUT2D eigenvalue weighted by atomic mass is 32.2. The molecule has 0 aliphatic heterocycles. The lowest BCUT2D eigenvalue weighted by Crippen LogP contribution is -2.35. The Balaban J connectivity index is 2.09. The second-order valence-corrected chi connectivity index (χ2v) is 8.65. The molecule has 0 aliphatic carbocycles. The summed E-state index contributed by atoms with van der Waals surface area (Å²) in [4.78, 5) is 13.9. The molecule has 5 nitrogen and oxygen atoms in total. The number of hydrogen-bond donors (Lipinski definition) is 1. The van der Waals surface area contributed by atoms with Gasteiger partial charge in [0.15, 0.2) is 11.5 Å². The van der Waals surface area contributed by atoms with Crippen molar-refractivity contribution in [2.45, 2.75) is 43.4 Å². The molecule has 0 aromatic heterocycles. The fourth-order valence-corrected chi connectivity index (χ4v) is 3.93. The minimum absolute atomic E-state index is 0.00579. The summed E-state index contributed by atoms with van der Waals surface area (Å²) in [6.45, 7) is 6.23. The Morgan fingerprint density at radius 1 is 0.931 bits per heavy atom. The average molecular weight is 418 g/mol. The number of nitrogens with one attached hydrogen (secondary N) is 1. The van der Waals surface area contributed by atoms with E-state index in [1.165, 1.54) is 11.8 Å². The van der Waals surface area contributed by atoms with Gasteiger partial charge in [-0.15, -0.1) is 11.8 Å². The molecule has 2 aromatic carbocycles. The standard InChI is InChI=1S/C23H31NO4S/c1-15(2)13-20(17-7-9-18(26-4)10-8-17)24-23(25)16(3)29-19-11-12-21(27-5)22(14-19)28-6/h7-12,14-16,20H,13H2,1-6H3,(H,24,25)/t16-,20-/m1/s1. The molecule has 2 aromatic rings. The van der Waals surface area contributed by atoms with Crippen LogP contribution in [0.4, 0.5) is 0 Å². The minimum atomic E-state index is -0.249. The molecule has 0 spiro atoms. The molecular weight excluding hydrogens is 386 g/mol. The van der Waals surface area contributed by atoms with Crippen LogP contribution in [0.25, 0.3) is 0 Å². The van der Waals surface area contributed by atoms with Gasteiger partial charge in [-0.2, -0.15) is 0 Å². The van der Waals surface area contributed by atoms with Crippen LogP contribution in [-0.4, -0.2) is 32.5 Å². The van der Waals surface area contributed by atoms with Crippen molar-refractivity contribution >= 4 is 17.7 Å². The van der Waals surface area contributed by atoms with Gasteiger partial charge >= 0.3 is 0 Å².